The topological polar surface area (TPSA) is 91.7 Å². The number of rotatable bonds is 2. The minimum Gasteiger partial charge on any atom is -0.481 e. The number of aliphatic hydroxyl groups excluding tert-OH is 1. The second-order valence-corrected chi connectivity index (χ2v) is 9.84. The van der Waals surface area contributed by atoms with E-state index in [9.17, 15) is 24.6 Å². The zero-order valence-corrected chi connectivity index (χ0v) is 16.4. The summed E-state index contributed by atoms with van der Waals surface area (Å²) in [7, 11) is 0. The molecule has 2 N–H and O–H groups in total. The van der Waals surface area contributed by atoms with Gasteiger partial charge in [-0.05, 0) is 60.8 Å². The van der Waals surface area contributed by atoms with Crippen molar-refractivity contribution in [3.05, 3.63) is 11.6 Å². The van der Waals surface area contributed by atoms with Gasteiger partial charge in [0.1, 0.15) is 5.78 Å². The second kappa shape index (κ2) is 6.00. The number of fused-ring (bicyclic) bond motifs is 5. The van der Waals surface area contributed by atoms with E-state index >= 15 is 0 Å². The van der Waals surface area contributed by atoms with Crippen molar-refractivity contribution in [2.24, 2.45) is 40.4 Å². The summed E-state index contributed by atoms with van der Waals surface area (Å²) < 4.78 is 0. The van der Waals surface area contributed by atoms with E-state index in [4.69, 9.17) is 0 Å². The van der Waals surface area contributed by atoms with Crippen LogP contribution in [0.25, 0.3) is 0 Å². The van der Waals surface area contributed by atoms with Crippen LogP contribution in [0.5, 0.6) is 0 Å². The van der Waals surface area contributed by atoms with Gasteiger partial charge in [-0.15, -0.1) is 0 Å². The lowest BCUT2D eigenvalue weighted by molar-refractivity contribution is -0.160. The third-order valence-electron chi connectivity index (χ3n) is 8.91. The van der Waals surface area contributed by atoms with E-state index in [1.165, 1.54) is 0 Å². The summed E-state index contributed by atoms with van der Waals surface area (Å²) >= 11 is 0. The second-order valence-electron chi connectivity index (χ2n) is 9.84. The number of aliphatic hydroxyl groups is 1. The molecular formula is C22H30O5. The highest BCUT2D eigenvalue weighted by molar-refractivity contribution is 5.92. The molecule has 8 atom stereocenters. The Hall–Kier alpha value is -1.49. The Balaban J connectivity index is 1.74. The monoisotopic (exact) mass is 374 g/mol. The molecule has 3 saturated carbocycles. The average Bonchev–Trinajstić information content (AvgIpc) is 2.95. The number of hydrogen-bond donors (Lipinski definition) is 2. The fourth-order valence-electron chi connectivity index (χ4n) is 7.26. The number of carbonyl (C=O) groups is 3. The number of carboxylic acid groups (broad SMARTS) is 1. The zero-order chi connectivity index (χ0) is 19.7. The number of aliphatic carboxylic acids is 1. The van der Waals surface area contributed by atoms with E-state index in [0.717, 1.165) is 24.8 Å². The maximum absolute atomic E-state index is 13.4. The van der Waals surface area contributed by atoms with Gasteiger partial charge in [-0.3, -0.25) is 14.4 Å². The molecule has 0 spiro atoms. The minimum atomic E-state index is -0.844. The molecule has 0 heterocycles. The minimum absolute atomic E-state index is 0.00838. The van der Waals surface area contributed by atoms with Crippen LogP contribution >= 0.6 is 0 Å². The van der Waals surface area contributed by atoms with Gasteiger partial charge in [0.15, 0.2) is 5.78 Å². The summed E-state index contributed by atoms with van der Waals surface area (Å²) in [5.41, 5.74) is 0.144. The summed E-state index contributed by atoms with van der Waals surface area (Å²) in [5, 5.41) is 20.6. The Morgan fingerprint density at radius 1 is 1.19 bits per heavy atom. The first-order valence-corrected chi connectivity index (χ1v) is 10.3. The van der Waals surface area contributed by atoms with E-state index in [0.29, 0.717) is 19.3 Å². The molecule has 4 rings (SSSR count). The Morgan fingerprint density at radius 3 is 2.56 bits per heavy atom. The molecule has 0 aromatic rings. The van der Waals surface area contributed by atoms with Crippen molar-refractivity contribution in [2.75, 3.05) is 0 Å². The van der Waals surface area contributed by atoms with Gasteiger partial charge in [0.25, 0.3) is 0 Å². The molecule has 5 unspecified atom stereocenters. The molecule has 3 fully saturated rings. The van der Waals surface area contributed by atoms with E-state index in [1.807, 2.05) is 6.92 Å². The predicted molar refractivity (Wildman–Crippen MR) is 98.8 cm³/mol. The molecule has 0 aromatic heterocycles. The van der Waals surface area contributed by atoms with E-state index in [2.05, 4.69) is 6.92 Å². The van der Waals surface area contributed by atoms with Crippen LogP contribution in [0.4, 0.5) is 0 Å². The molecule has 4 aliphatic rings. The summed E-state index contributed by atoms with van der Waals surface area (Å²) in [4.78, 5) is 37.0. The smallest absolute Gasteiger partial charge is 0.306 e. The highest BCUT2D eigenvalue weighted by Crippen LogP contribution is 2.66. The number of hydrogen-bond acceptors (Lipinski definition) is 4. The molecule has 0 saturated heterocycles. The first-order valence-electron chi connectivity index (χ1n) is 10.3. The summed E-state index contributed by atoms with van der Waals surface area (Å²) in [6, 6.07) is 0. The highest BCUT2D eigenvalue weighted by Gasteiger charge is 2.65. The maximum atomic E-state index is 13.4. The zero-order valence-electron chi connectivity index (χ0n) is 16.4. The third-order valence-corrected chi connectivity index (χ3v) is 8.91. The van der Waals surface area contributed by atoms with Crippen LogP contribution in [0.3, 0.4) is 0 Å². The Morgan fingerprint density at radius 2 is 1.89 bits per heavy atom. The normalized spacial score (nSPS) is 47.6. The van der Waals surface area contributed by atoms with Crippen molar-refractivity contribution in [3.8, 4) is 0 Å². The van der Waals surface area contributed by atoms with Crippen molar-refractivity contribution in [1.82, 2.24) is 0 Å². The standard InChI is InChI=1S/C22H30O5/c1-11(20(26)27)14-4-5-15-19-16(10-18(25)22(14,15)3)21(2)7-6-13(23)8-12(21)9-17(19)24/h8,11,14-17,19,24H,4-7,9-10H2,1-3H3,(H,26,27)/t11?,14?,15?,16?,17-,19?,21+,22-/m1/s1. The van der Waals surface area contributed by atoms with Crippen molar-refractivity contribution >= 4 is 17.5 Å². The predicted octanol–water partition coefficient (Wildman–Crippen LogP) is 3.01. The molecule has 5 nitrogen and oxygen atoms in total. The maximum Gasteiger partial charge on any atom is 0.306 e. The van der Waals surface area contributed by atoms with Crippen LogP contribution in [0.2, 0.25) is 0 Å². The fourth-order valence-corrected chi connectivity index (χ4v) is 7.26. The van der Waals surface area contributed by atoms with Crippen LogP contribution in [0.1, 0.15) is 59.3 Å². The summed E-state index contributed by atoms with van der Waals surface area (Å²) in [6.07, 6.45) is 4.83. The van der Waals surface area contributed by atoms with Crippen LogP contribution < -0.4 is 0 Å². The number of ketones is 2. The molecule has 27 heavy (non-hydrogen) atoms. The van der Waals surface area contributed by atoms with E-state index in [-0.39, 0.29) is 40.7 Å². The van der Waals surface area contributed by atoms with Gasteiger partial charge in [-0.1, -0.05) is 26.3 Å². The molecule has 0 aliphatic heterocycles. The lowest BCUT2D eigenvalue weighted by atomic mass is 9.45. The molecule has 0 amide bonds. The van der Waals surface area contributed by atoms with Gasteiger partial charge in [0, 0.05) is 18.3 Å². The van der Waals surface area contributed by atoms with Crippen molar-refractivity contribution in [1.29, 1.82) is 0 Å². The molecule has 5 heteroatoms. The molecular weight excluding hydrogens is 344 g/mol. The van der Waals surface area contributed by atoms with Gasteiger partial charge in [-0.2, -0.15) is 0 Å². The third kappa shape index (κ3) is 2.43. The SMILES string of the molecule is CC(C(=O)O)C1CCC2C3C(CC(=O)[C@]12C)[C@@]1(C)CCC(=O)C=C1C[C@H]3O. The number of carbonyl (C=O) groups excluding carboxylic acids is 2. The Bertz CT molecular complexity index is 739. The van der Waals surface area contributed by atoms with Crippen LogP contribution in [0, 0.1) is 40.4 Å². The largest absolute Gasteiger partial charge is 0.481 e. The van der Waals surface area contributed by atoms with Gasteiger partial charge in [0.05, 0.1) is 12.0 Å². The van der Waals surface area contributed by atoms with Crippen molar-refractivity contribution in [2.45, 2.75) is 65.4 Å². The quantitative estimate of drug-likeness (QED) is 0.775. The summed E-state index contributed by atoms with van der Waals surface area (Å²) in [6.45, 7) is 5.83. The Labute approximate surface area is 160 Å². The van der Waals surface area contributed by atoms with Crippen molar-refractivity contribution in [3.63, 3.8) is 0 Å². The number of Topliss-reactive ketones (excluding diaryl/α,β-unsaturated/α-hetero) is 1. The molecule has 0 radical (unpaired) electrons. The van der Waals surface area contributed by atoms with Gasteiger partial charge >= 0.3 is 5.97 Å². The van der Waals surface area contributed by atoms with Gasteiger partial charge < -0.3 is 10.2 Å². The van der Waals surface area contributed by atoms with Crippen LogP contribution in [-0.2, 0) is 14.4 Å². The van der Waals surface area contributed by atoms with Gasteiger partial charge in [0.2, 0.25) is 0 Å². The van der Waals surface area contributed by atoms with Crippen molar-refractivity contribution < 1.29 is 24.6 Å². The average molecular weight is 374 g/mol. The van der Waals surface area contributed by atoms with Crippen LogP contribution in [-0.4, -0.2) is 33.9 Å². The Kier molecular flexibility index (Phi) is 4.19. The molecule has 4 aliphatic carbocycles. The fraction of sp³-hybridized carbons (Fsp3) is 0.773. The molecule has 0 bridgehead atoms. The van der Waals surface area contributed by atoms with E-state index in [1.54, 1.807) is 13.0 Å². The highest BCUT2D eigenvalue weighted by atomic mass is 16.4. The van der Waals surface area contributed by atoms with Crippen LogP contribution in [0.15, 0.2) is 11.6 Å². The number of carboxylic acids is 1. The first-order chi connectivity index (χ1) is 12.6. The lowest BCUT2D eigenvalue weighted by Crippen LogP contribution is -2.59. The lowest BCUT2D eigenvalue weighted by Gasteiger charge is -2.58. The molecule has 148 valence electrons. The summed E-state index contributed by atoms with van der Waals surface area (Å²) in [5.74, 6) is -1.20. The first kappa shape index (κ1) is 18.9. The van der Waals surface area contributed by atoms with E-state index < -0.39 is 23.4 Å². The van der Waals surface area contributed by atoms with Gasteiger partial charge in [-0.25, -0.2) is 0 Å². The molecule has 0 aromatic carbocycles.